The highest BCUT2D eigenvalue weighted by Crippen LogP contribution is 2.42. The van der Waals surface area contributed by atoms with Gasteiger partial charge in [-0.25, -0.2) is 9.97 Å². The molecular formula is C34H37Cl2N7O2. The van der Waals surface area contributed by atoms with Crippen LogP contribution in [0.5, 0.6) is 5.88 Å². The van der Waals surface area contributed by atoms with Gasteiger partial charge in [-0.2, -0.15) is 0 Å². The van der Waals surface area contributed by atoms with Gasteiger partial charge < -0.3 is 19.5 Å². The first-order valence-electron chi connectivity index (χ1n) is 15.3. The molecule has 1 N–H and O–H groups in total. The number of rotatable bonds is 7. The lowest BCUT2D eigenvalue weighted by Gasteiger charge is -2.55. The lowest BCUT2D eigenvalue weighted by atomic mass is 9.88. The monoisotopic (exact) mass is 645 g/mol. The van der Waals surface area contributed by atoms with Crippen LogP contribution in [0.4, 0.5) is 5.69 Å². The molecule has 0 aliphatic carbocycles. The minimum absolute atomic E-state index is 0.307. The van der Waals surface area contributed by atoms with Crippen LogP contribution in [0.1, 0.15) is 34.0 Å². The van der Waals surface area contributed by atoms with Crippen LogP contribution in [0.25, 0.3) is 22.4 Å². The Hall–Kier alpha value is -3.47. The van der Waals surface area contributed by atoms with Crippen LogP contribution in [-0.4, -0.2) is 88.1 Å². The Bertz CT molecular complexity index is 1780. The number of ether oxygens (including phenoxy) is 1. The van der Waals surface area contributed by atoms with Crippen LogP contribution in [0, 0.1) is 0 Å². The summed E-state index contributed by atoms with van der Waals surface area (Å²) in [5.41, 5.74) is 6.52. The number of halogens is 2. The highest BCUT2D eigenvalue weighted by Gasteiger charge is 2.42. The smallest absolute Gasteiger partial charge is 0.291 e. The van der Waals surface area contributed by atoms with Crippen molar-refractivity contribution in [3.63, 3.8) is 0 Å². The molecule has 8 rings (SSSR count). The second kappa shape index (κ2) is 12.0. The normalized spacial score (nSPS) is 20.0. The predicted molar refractivity (Wildman–Crippen MR) is 178 cm³/mol. The van der Waals surface area contributed by atoms with Gasteiger partial charge in [0.2, 0.25) is 5.88 Å². The summed E-state index contributed by atoms with van der Waals surface area (Å²) in [6, 6.07) is 16.7. The number of amides is 1. The first kappa shape index (κ1) is 30.2. The molecule has 2 atom stereocenters. The lowest BCUT2D eigenvalue weighted by molar-refractivity contribution is -0.0534. The second-order valence-electron chi connectivity index (χ2n) is 12.4. The number of carbonyl (C=O) groups excluding carboxylic acids is 1. The molecule has 3 fully saturated rings. The van der Waals surface area contributed by atoms with Crippen molar-refractivity contribution in [2.75, 3.05) is 46.2 Å². The number of carbonyl (C=O) groups is 1. The van der Waals surface area contributed by atoms with E-state index in [2.05, 4.69) is 45.2 Å². The molecule has 11 heteroatoms. The van der Waals surface area contributed by atoms with Crippen LogP contribution in [0.15, 0.2) is 48.5 Å². The molecule has 0 spiro atoms. The molecule has 0 saturated carbocycles. The van der Waals surface area contributed by atoms with E-state index < -0.39 is 0 Å². The lowest BCUT2D eigenvalue weighted by Crippen LogP contribution is -2.66. The Labute approximate surface area is 273 Å². The first-order chi connectivity index (χ1) is 21.7. The maximum absolute atomic E-state index is 13.4. The van der Waals surface area contributed by atoms with Crippen molar-refractivity contribution in [1.82, 2.24) is 29.2 Å². The molecule has 1 amide bonds. The Kier molecular flexibility index (Phi) is 8.08. The molecule has 6 heterocycles. The van der Waals surface area contributed by atoms with Gasteiger partial charge in [0.15, 0.2) is 5.82 Å². The van der Waals surface area contributed by atoms with E-state index in [0.717, 1.165) is 67.2 Å². The number of piperidine rings is 1. The van der Waals surface area contributed by atoms with Gasteiger partial charge >= 0.3 is 0 Å². The van der Waals surface area contributed by atoms with Gasteiger partial charge in [0.1, 0.15) is 0 Å². The minimum Gasteiger partial charge on any atom is -0.481 e. The molecule has 4 aliphatic rings. The summed E-state index contributed by atoms with van der Waals surface area (Å²) < 4.78 is 7.63. The minimum atomic E-state index is -0.307. The average molecular weight is 647 g/mol. The molecule has 2 bridgehead atoms. The zero-order valence-corrected chi connectivity index (χ0v) is 27.5. The number of hydrogen-bond acceptors (Lipinski definition) is 7. The number of hydrogen-bond donors (Lipinski definition) is 1. The predicted octanol–water partition coefficient (Wildman–Crippen LogP) is 5.59. The number of anilines is 1. The molecule has 234 valence electrons. The van der Waals surface area contributed by atoms with Crippen LogP contribution in [-0.2, 0) is 26.6 Å². The molecule has 4 aromatic rings. The molecule has 2 unspecified atom stereocenters. The van der Waals surface area contributed by atoms with Gasteiger partial charge in [-0.15, -0.1) is 0 Å². The first-order valence-corrected chi connectivity index (χ1v) is 16.1. The second-order valence-corrected chi connectivity index (χ2v) is 13.2. The molecular weight excluding hydrogens is 609 g/mol. The fourth-order valence-corrected chi connectivity index (χ4v) is 7.58. The van der Waals surface area contributed by atoms with Crippen LogP contribution in [0.2, 0.25) is 10.0 Å². The van der Waals surface area contributed by atoms with Gasteiger partial charge in [0, 0.05) is 86.2 Å². The van der Waals surface area contributed by atoms with Crippen LogP contribution in [0.3, 0.4) is 0 Å². The van der Waals surface area contributed by atoms with Gasteiger partial charge in [0.05, 0.1) is 34.2 Å². The summed E-state index contributed by atoms with van der Waals surface area (Å²) in [6.07, 6.45) is 2.15. The van der Waals surface area contributed by atoms with E-state index in [1.54, 1.807) is 13.2 Å². The number of nitrogens with zero attached hydrogens (tertiary/aromatic N) is 6. The highest BCUT2D eigenvalue weighted by molar-refractivity contribution is 6.39. The van der Waals surface area contributed by atoms with Crippen molar-refractivity contribution in [2.24, 2.45) is 7.05 Å². The van der Waals surface area contributed by atoms with E-state index in [9.17, 15) is 4.79 Å². The Morgan fingerprint density at radius 1 is 0.956 bits per heavy atom. The van der Waals surface area contributed by atoms with E-state index in [1.165, 1.54) is 6.42 Å². The molecule has 2 aromatic heterocycles. The average Bonchev–Trinajstić information content (AvgIpc) is 3.37. The maximum Gasteiger partial charge on any atom is 0.291 e. The summed E-state index contributed by atoms with van der Waals surface area (Å²) >= 11 is 14.0. The summed E-state index contributed by atoms with van der Waals surface area (Å²) in [5.74, 6) is 0.662. The molecule has 3 saturated heterocycles. The van der Waals surface area contributed by atoms with Gasteiger partial charge in [-0.05, 0) is 32.6 Å². The molecule has 2 aromatic carbocycles. The van der Waals surface area contributed by atoms with Crippen molar-refractivity contribution in [3.05, 3.63) is 81.4 Å². The quantitative estimate of drug-likeness (QED) is 0.281. The fraction of sp³-hybridized carbons (Fsp3) is 0.382. The number of aromatic nitrogens is 3. The Morgan fingerprint density at radius 3 is 2.40 bits per heavy atom. The van der Waals surface area contributed by atoms with Crippen molar-refractivity contribution >= 4 is 34.8 Å². The van der Waals surface area contributed by atoms with E-state index >= 15 is 0 Å². The number of fused-ring (bicyclic) bond motifs is 3. The van der Waals surface area contributed by atoms with Crippen molar-refractivity contribution in [2.45, 2.75) is 38.0 Å². The van der Waals surface area contributed by atoms with E-state index in [4.69, 9.17) is 32.9 Å². The third-order valence-electron chi connectivity index (χ3n) is 9.62. The van der Waals surface area contributed by atoms with E-state index in [0.29, 0.717) is 50.8 Å². The molecule has 0 radical (unpaired) electrons. The zero-order valence-electron chi connectivity index (χ0n) is 26.0. The summed E-state index contributed by atoms with van der Waals surface area (Å²) in [6.45, 7) is 4.59. The van der Waals surface area contributed by atoms with Crippen LogP contribution >= 0.6 is 23.2 Å². The zero-order chi connectivity index (χ0) is 31.4. The molecule has 9 nitrogen and oxygen atoms in total. The number of likely N-dealkylation sites (N-methyl/N-ethyl adjacent to an activating group) is 2. The largest absolute Gasteiger partial charge is 0.481 e. The van der Waals surface area contributed by atoms with Gasteiger partial charge in [-0.3, -0.25) is 14.6 Å². The third-order valence-corrected chi connectivity index (χ3v) is 10.4. The standard InChI is InChI=1S/C34H37Cl2N7O2/c1-40-14-13-29-28(19-40)37-32(42(29)3)33(44)38-27-10-6-8-24(31(27)36)23-7-5-9-25(30(23)35)26-12-11-20(34(39-26)45-4)16-43-17-21-15-22(18-43)41(21)2/h5-12,21-22H,13-19H2,1-4H3,(H,38,44). The molecule has 45 heavy (non-hydrogen) atoms. The summed E-state index contributed by atoms with van der Waals surface area (Å²) in [5, 5.41) is 3.90. The van der Waals surface area contributed by atoms with Gasteiger partial charge in [-0.1, -0.05) is 59.6 Å². The van der Waals surface area contributed by atoms with Crippen molar-refractivity contribution in [3.8, 4) is 28.3 Å². The number of pyridine rings is 1. The SMILES string of the molecule is COc1nc(-c2cccc(-c3cccc(NC(=O)c4nc5c(n4C)CCN(C)C5)c3Cl)c2Cl)ccc1CN1CC2CC(C1)N2C. The maximum atomic E-state index is 13.4. The summed E-state index contributed by atoms with van der Waals surface area (Å²) in [7, 11) is 7.82. The molecule has 4 aliphatic heterocycles. The fourth-order valence-electron chi connectivity index (χ4n) is 6.98. The van der Waals surface area contributed by atoms with Crippen molar-refractivity contribution < 1.29 is 9.53 Å². The Morgan fingerprint density at radius 2 is 1.67 bits per heavy atom. The number of piperazine rings is 1. The number of benzene rings is 2. The van der Waals surface area contributed by atoms with E-state index in [-0.39, 0.29) is 5.91 Å². The van der Waals surface area contributed by atoms with E-state index in [1.807, 2.05) is 48.0 Å². The Balaban J connectivity index is 1.13. The number of nitrogens with one attached hydrogen (secondary N) is 1. The van der Waals surface area contributed by atoms with Gasteiger partial charge in [0.25, 0.3) is 5.91 Å². The number of imidazole rings is 1. The van der Waals surface area contributed by atoms with Crippen molar-refractivity contribution in [1.29, 1.82) is 0 Å². The summed E-state index contributed by atoms with van der Waals surface area (Å²) in [4.78, 5) is 30.1. The number of methoxy groups -OCH3 is 1. The highest BCUT2D eigenvalue weighted by atomic mass is 35.5. The topological polar surface area (TPSA) is 78.8 Å². The third kappa shape index (κ3) is 5.51. The van der Waals surface area contributed by atoms with Crippen LogP contribution < -0.4 is 10.1 Å².